The third kappa shape index (κ3) is 3.06. The summed E-state index contributed by atoms with van der Waals surface area (Å²) in [5, 5.41) is 14.7. The number of aliphatic hydroxyl groups excluding tert-OH is 1. The summed E-state index contributed by atoms with van der Waals surface area (Å²) in [7, 11) is 0. The van der Waals surface area contributed by atoms with E-state index >= 15 is 0 Å². The second-order valence-electron chi connectivity index (χ2n) is 5.74. The van der Waals surface area contributed by atoms with E-state index in [-0.39, 0.29) is 10.9 Å². The monoisotopic (exact) mass is 269 g/mol. The quantitative estimate of drug-likeness (QED) is 0.889. The minimum absolute atomic E-state index is 0.00535. The average molecular weight is 269 g/mol. The van der Waals surface area contributed by atoms with Crippen molar-refractivity contribution >= 4 is 11.8 Å². The maximum absolute atomic E-state index is 10.4. The van der Waals surface area contributed by atoms with Crippen LogP contribution in [0.2, 0.25) is 0 Å². The van der Waals surface area contributed by atoms with Gasteiger partial charge in [0, 0.05) is 17.7 Å². The molecule has 0 bridgehead atoms. The molecule has 2 rings (SSSR count). The fourth-order valence-corrected chi connectivity index (χ4v) is 3.72. The van der Waals surface area contributed by atoms with Crippen LogP contribution in [0.4, 0.5) is 0 Å². The lowest BCUT2D eigenvalue weighted by Crippen LogP contribution is -2.36. The molecule has 0 aliphatic carbocycles. The Morgan fingerprint density at radius 2 is 2.33 bits per heavy atom. The molecule has 0 spiro atoms. The van der Waals surface area contributed by atoms with E-state index < -0.39 is 0 Å². The van der Waals surface area contributed by atoms with Gasteiger partial charge in [0.25, 0.3) is 0 Å². The van der Waals surface area contributed by atoms with E-state index in [2.05, 4.69) is 30.9 Å². The Hall–Kier alpha value is -0.550. The maximum atomic E-state index is 10.4. The first-order chi connectivity index (χ1) is 8.51. The van der Waals surface area contributed by atoms with Crippen LogP contribution in [-0.4, -0.2) is 36.5 Å². The molecule has 4 nitrogen and oxygen atoms in total. The van der Waals surface area contributed by atoms with E-state index in [1.807, 2.05) is 16.4 Å². The standard InChI is InChI=1S/C13H23N3OS/c1-10(2)8-16-12(14-9-15-16)7-11(17)13(3)5-4-6-18-13/h9-11,17H,4-8H2,1-3H3. The van der Waals surface area contributed by atoms with Gasteiger partial charge in [-0.15, -0.1) is 0 Å². The topological polar surface area (TPSA) is 50.9 Å². The highest BCUT2D eigenvalue weighted by atomic mass is 32.2. The van der Waals surface area contributed by atoms with Gasteiger partial charge in [-0.2, -0.15) is 16.9 Å². The van der Waals surface area contributed by atoms with Crippen LogP contribution in [0, 0.1) is 5.92 Å². The van der Waals surface area contributed by atoms with E-state index in [1.165, 1.54) is 6.42 Å². The van der Waals surface area contributed by atoms with Gasteiger partial charge in [0.05, 0.1) is 6.10 Å². The molecule has 18 heavy (non-hydrogen) atoms. The lowest BCUT2D eigenvalue weighted by atomic mass is 9.96. The highest BCUT2D eigenvalue weighted by molar-refractivity contribution is 8.00. The number of hydrogen-bond acceptors (Lipinski definition) is 4. The van der Waals surface area contributed by atoms with Crippen LogP contribution >= 0.6 is 11.8 Å². The molecular formula is C13H23N3OS. The highest BCUT2D eigenvalue weighted by Gasteiger charge is 2.37. The Kier molecular flexibility index (Phi) is 4.33. The maximum Gasteiger partial charge on any atom is 0.138 e. The zero-order valence-corrected chi connectivity index (χ0v) is 12.3. The molecule has 1 saturated heterocycles. The second kappa shape index (κ2) is 5.61. The summed E-state index contributed by atoms with van der Waals surface area (Å²) in [5.74, 6) is 2.61. The fourth-order valence-electron chi connectivity index (χ4n) is 2.40. The molecule has 1 N–H and O–H groups in total. The van der Waals surface area contributed by atoms with Crippen molar-refractivity contribution in [3.8, 4) is 0 Å². The zero-order chi connectivity index (χ0) is 13.2. The lowest BCUT2D eigenvalue weighted by Gasteiger charge is -2.28. The molecule has 2 atom stereocenters. The van der Waals surface area contributed by atoms with Crippen molar-refractivity contribution in [3.63, 3.8) is 0 Å². The number of thioether (sulfide) groups is 1. The molecule has 1 aromatic heterocycles. The summed E-state index contributed by atoms with van der Waals surface area (Å²) in [5.41, 5.74) is 0. The largest absolute Gasteiger partial charge is 0.391 e. The number of aromatic nitrogens is 3. The molecule has 0 amide bonds. The predicted molar refractivity (Wildman–Crippen MR) is 74.7 cm³/mol. The zero-order valence-electron chi connectivity index (χ0n) is 11.5. The SMILES string of the molecule is CC(C)Cn1ncnc1CC(O)C1(C)CCCS1. The number of aliphatic hydroxyl groups is 1. The molecule has 1 fully saturated rings. The number of rotatable bonds is 5. The third-order valence-corrected chi connectivity index (χ3v) is 5.19. The van der Waals surface area contributed by atoms with E-state index in [9.17, 15) is 5.11 Å². The fraction of sp³-hybridized carbons (Fsp3) is 0.846. The molecule has 0 saturated carbocycles. The second-order valence-corrected chi connectivity index (χ2v) is 7.37. The van der Waals surface area contributed by atoms with Crippen LogP contribution < -0.4 is 0 Å². The normalized spacial score (nSPS) is 25.8. The first kappa shape index (κ1) is 13.9. The van der Waals surface area contributed by atoms with Crippen LogP contribution in [0.5, 0.6) is 0 Å². The molecule has 1 aliphatic heterocycles. The van der Waals surface area contributed by atoms with E-state index in [1.54, 1.807) is 6.33 Å². The first-order valence-corrected chi connectivity index (χ1v) is 7.68. The van der Waals surface area contributed by atoms with Gasteiger partial charge in [0.2, 0.25) is 0 Å². The number of hydrogen-bond donors (Lipinski definition) is 1. The predicted octanol–water partition coefficient (Wildman–Crippen LogP) is 2.12. The van der Waals surface area contributed by atoms with Crippen molar-refractivity contribution in [2.24, 2.45) is 5.92 Å². The van der Waals surface area contributed by atoms with Gasteiger partial charge in [-0.25, -0.2) is 9.67 Å². The smallest absolute Gasteiger partial charge is 0.138 e. The van der Waals surface area contributed by atoms with Gasteiger partial charge in [-0.3, -0.25) is 0 Å². The molecular weight excluding hydrogens is 246 g/mol. The van der Waals surface area contributed by atoms with Crippen LogP contribution in [-0.2, 0) is 13.0 Å². The van der Waals surface area contributed by atoms with Gasteiger partial charge in [-0.1, -0.05) is 13.8 Å². The van der Waals surface area contributed by atoms with Gasteiger partial charge in [0.15, 0.2) is 0 Å². The van der Waals surface area contributed by atoms with E-state index in [0.717, 1.165) is 24.5 Å². The molecule has 0 radical (unpaired) electrons. The molecule has 2 heterocycles. The summed E-state index contributed by atoms with van der Waals surface area (Å²) in [6, 6.07) is 0. The Morgan fingerprint density at radius 3 is 2.94 bits per heavy atom. The molecule has 1 aliphatic rings. The van der Waals surface area contributed by atoms with Crippen LogP contribution in [0.25, 0.3) is 0 Å². The van der Waals surface area contributed by atoms with Crippen LogP contribution in [0.3, 0.4) is 0 Å². The van der Waals surface area contributed by atoms with Gasteiger partial charge >= 0.3 is 0 Å². The van der Waals surface area contributed by atoms with Crippen LogP contribution in [0.15, 0.2) is 6.33 Å². The first-order valence-electron chi connectivity index (χ1n) is 6.70. The molecule has 2 unspecified atom stereocenters. The van der Waals surface area contributed by atoms with Crippen molar-refractivity contribution in [1.29, 1.82) is 0 Å². The molecule has 102 valence electrons. The Morgan fingerprint density at radius 1 is 1.56 bits per heavy atom. The van der Waals surface area contributed by atoms with Crippen molar-refractivity contribution < 1.29 is 5.11 Å². The summed E-state index contributed by atoms with van der Waals surface area (Å²) >= 11 is 1.89. The Balaban J connectivity index is 2.02. The van der Waals surface area contributed by atoms with E-state index in [0.29, 0.717) is 12.3 Å². The average Bonchev–Trinajstić information content (AvgIpc) is 2.89. The minimum Gasteiger partial charge on any atom is -0.391 e. The summed E-state index contributed by atoms with van der Waals surface area (Å²) < 4.78 is 1.92. The van der Waals surface area contributed by atoms with Gasteiger partial charge in [0.1, 0.15) is 12.2 Å². The minimum atomic E-state index is -0.333. The van der Waals surface area contributed by atoms with Crippen molar-refractivity contribution in [2.75, 3.05) is 5.75 Å². The third-order valence-electron chi connectivity index (χ3n) is 3.56. The Labute approximate surface area is 113 Å². The van der Waals surface area contributed by atoms with Crippen molar-refractivity contribution in [2.45, 2.75) is 57.4 Å². The van der Waals surface area contributed by atoms with Crippen LogP contribution in [0.1, 0.15) is 39.4 Å². The molecule has 1 aromatic rings. The molecule has 0 aromatic carbocycles. The summed E-state index contributed by atoms with van der Waals surface area (Å²) in [6.07, 6.45) is 4.17. The highest BCUT2D eigenvalue weighted by Crippen LogP contribution is 2.41. The van der Waals surface area contributed by atoms with Crippen molar-refractivity contribution in [1.82, 2.24) is 14.8 Å². The molecule has 5 heteroatoms. The van der Waals surface area contributed by atoms with Gasteiger partial charge < -0.3 is 5.11 Å². The van der Waals surface area contributed by atoms with E-state index in [4.69, 9.17) is 0 Å². The summed E-state index contributed by atoms with van der Waals surface area (Å²) in [4.78, 5) is 4.29. The Bertz CT molecular complexity index is 385. The summed E-state index contributed by atoms with van der Waals surface area (Å²) in [6.45, 7) is 7.36. The number of nitrogens with zero attached hydrogens (tertiary/aromatic N) is 3. The lowest BCUT2D eigenvalue weighted by molar-refractivity contribution is 0.129. The van der Waals surface area contributed by atoms with Gasteiger partial charge in [-0.05, 0) is 31.4 Å². The van der Waals surface area contributed by atoms with Crippen molar-refractivity contribution in [3.05, 3.63) is 12.2 Å².